The van der Waals surface area contributed by atoms with Gasteiger partial charge in [0.2, 0.25) is 21.8 Å². The smallest absolute Gasteiger partial charge is 0.240 e. The van der Waals surface area contributed by atoms with Crippen molar-refractivity contribution in [3.05, 3.63) is 42.4 Å². The van der Waals surface area contributed by atoms with Crippen LogP contribution >= 0.6 is 0 Å². The van der Waals surface area contributed by atoms with Crippen LogP contribution in [0.5, 0.6) is 0 Å². The summed E-state index contributed by atoms with van der Waals surface area (Å²) >= 11 is 0. The van der Waals surface area contributed by atoms with Gasteiger partial charge in [0.15, 0.2) is 5.82 Å². The highest BCUT2D eigenvalue weighted by atomic mass is 32.2. The van der Waals surface area contributed by atoms with Gasteiger partial charge in [-0.05, 0) is 32.2 Å². The van der Waals surface area contributed by atoms with E-state index in [1.807, 2.05) is 0 Å². The van der Waals surface area contributed by atoms with Crippen LogP contribution in [0, 0.1) is 0 Å². The van der Waals surface area contributed by atoms with Gasteiger partial charge in [0, 0.05) is 12.5 Å². The van der Waals surface area contributed by atoms with Crippen LogP contribution in [-0.2, 0) is 19.6 Å². The van der Waals surface area contributed by atoms with E-state index in [0.717, 1.165) is 0 Å². The van der Waals surface area contributed by atoms with Crippen LogP contribution in [0.15, 0.2) is 46.8 Å². The highest BCUT2D eigenvalue weighted by Gasteiger charge is 2.14. The van der Waals surface area contributed by atoms with Crippen molar-refractivity contribution in [3.63, 3.8) is 0 Å². The van der Waals surface area contributed by atoms with Gasteiger partial charge in [-0.1, -0.05) is 6.07 Å². The second-order valence-electron chi connectivity index (χ2n) is 4.89. The van der Waals surface area contributed by atoms with E-state index in [2.05, 4.69) is 20.1 Å². The Labute approximate surface area is 145 Å². The number of anilines is 1. The molecular weight excluding hydrogens is 346 g/mol. The summed E-state index contributed by atoms with van der Waals surface area (Å²) < 4.78 is 33.1. The molecule has 1 amide bonds. The lowest BCUT2D eigenvalue weighted by Crippen LogP contribution is -2.19. The number of imidazole rings is 1. The van der Waals surface area contributed by atoms with E-state index in [0.29, 0.717) is 18.0 Å². The SMILES string of the molecule is CCOC(=Nn1cnc(NC(C)=O)c1)c1cccc(S(=O)(=O)NC)c1. The fraction of sp³-hybridized carbons (Fsp3) is 0.267. The molecule has 0 atom stereocenters. The number of hydrogen-bond donors (Lipinski definition) is 2. The number of nitrogens with zero attached hydrogens (tertiary/aromatic N) is 3. The third-order valence-electron chi connectivity index (χ3n) is 3.02. The molecule has 25 heavy (non-hydrogen) atoms. The van der Waals surface area contributed by atoms with Crippen LogP contribution in [0.2, 0.25) is 0 Å². The average Bonchev–Trinajstić information content (AvgIpc) is 3.01. The van der Waals surface area contributed by atoms with Gasteiger partial charge < -0.3 is 10.1 Å². The van der Waals surface area contributed by atoms with Gasteiger partial charge in [0.05, 0.1) is 17.7 Å². The molecule has 2 N–H and O–H groups in total. The van der Waals surface area contributed by atoms with Gasteiger partial charge in [-0.2, -0.15) is 0 Å². The molecule has 1 heterocycles. The summed E-state index contributed by atoms with van der Waals surface area (Å²) in [6, 6.07) is 6.23. The first-order chi connectivity index (χ1) is 11.9. The van der Waals surface area contributed by atoms with Crippen LogP contribution in [0.4, 0.5) is 5.82 Å². The van der Waals surface area contributed by atoms with Crippen molar-refractivity contribution >= 4 is 27.6 Å². The second-order valence-corrected chi connectivity index (χ2v) is 6.78. The molecule has 9 nitrogen and oxygen atoms in total. The molecule has 1 aromatic heterocycles. The minimum Gasteiger partial charge on any atom is -0.477 e. The Kier molecular flexibility index (Phi) is 5.88. The number of hydrogen-bond acceptors (Lipinski definition) is 6. The lowest BCUT2D eigenvalue weighted by atomic mass is 10.2. The van der Waals surface area contributed by atoms with Gasteiger partial charge in [-0.25, -0.2) is 22.8 Å². The Bertz CT molecular complexity index is 889. The number of rotatable bonds is 6. The number of aromatic nitrogens is 2. The van der Waals surface area contributed by atoms with Crippen molar-refractivity contribution in [2.75, 3.05) is 19.0 Å². The van der Waals surface area contributed by atoms with Crippen molar-refractivity contribution in [3.8, 4) is 0 Å². The van der Waals surface area contributed by atoms with E-state index >= 15 is 0 Å². The van der Waals surface area contributed by atoms with Gasteiger partial charge in [0.1, 0.15) is 6.33 Å². The van der Waals surface area contributed by atoms with Crippen molar-refractivity contribution in [1.82, 2.24) is 14.4 Å². The maximum absolute atomic E-state index is 12.0. The molecule has 0 aliphatic rings. The minimum absolute atomic E-state index is 0.101. The molecule has 0 bridgehead atoms. The zero-order valence-electron chi connectivity index (χ0n) is 14.1. The zero-order chi connectivity index (χ0) is 18.4. The molecule has 0 spiro atoms. The Morgan fingerprint density at radius 2 is 2.16 bits per heavy atom. The monoisotopic (exact) mass is 365 g/mol. The summed E-state index contributed by atoms with van der Waals surface area (Å²) in [6.45, 7) is 3.51. The van der Waals surface area contributed by atoms with E-state index in [9.17, 15) is 13.2 Å². The molecule has 10 heteroatoms. The molecule has 0 unspecified atom stereocenters. The predicted molar refractivity (Wildman–Crippen MR) is 92.8 cm³/mol. The van der Waals surface area contributed by atoms with Crippen molar-refractivity contribution in [2.24, 2.45) is 5.10 Å². The molecular formula is C15H19N5O4S. The van der Waals surface area contributed by atoms with E-state index < -0.39 is 10.0 Å². The van der Waals surface area contributed by atoms with Crippen LogP contribution in [0.3, 0.4) is 0 Å². The van der Waals surface area contributed by atoms with Gasteiger partial charge >= 0.3 is 0 Å². The van der Waals surface area contributed by atoms with E-state index in [1.165, 1.54) is 43.3 Å². The summed E-state index contributed by atoms with van der Waals surface area (Å²) in [5, 5.41) is 6.82. The largest absolute Gasteiger partial charge is 0.477 e. The number of benzene rings is 1. The van der Waals surface area contributed by atoms with Crippen molar-refractivity contribution < 1.29 is 17.9 Å². The molecule has 0 radical (unpaired) electrons. The third-order valence-corrected chi connectivity index (χ3v) is 4.43. The maximum atomic E-state index is 12.0. The van der Waals surface area contributed by atoms with Crippen LogP contribution in [-0.4, -0.2) is 43.5 Å². The summed E-state index contributed by atoms with van der Waals surface area (Å²) in [6.07, 6.45) is 2.91. The highest BCUT2D eigenvalue weighted by Crippen LogP contribution is 2.13. The zero-order valence-corrected chi connectivity index (χ0v) is 14.9. The highest BCUT2D eigenvalue weighted by molar-refractivity contribution is 7.89. The van der Waals surface area contributed by atoms with Gasteiger partial charge in [-0.3, -0.25) is 4.79 Å². The van der Waals surface area contributed by atoms with E-state index in [4.69, 9.17) is 4.74 Å². The molecule has 1 aromatic carbocycles. The van der Waals surface area contributed by atoms with Gasteiger partial charge in [-0.15, -0.1) is 5.10 Å². The second kappa shape index (κ2) is 7.90. The van der Waals surface area contributed by atoms with Crippen molar-refractivity contribution in [2.45, 2.75) is 18.7 Å². The lowest BCUT2D eigenvalue weighted by Gasteiger charge is -2.09. The standard InChI is InChI=1S/C15H19N5O4S/c1-4-24-15(19-20-9-14(17-10-20)18-11(2)21)12-6-5-7-13(8-12)25(22,23)16-3/h5-10,16H,4H2,1-3H3,(H,18,21). The minimum atomic E-state index is -3.58. The Balaban J connectivity index is 2.39. The molecule has 0 saturated heterocycles. The van der Waals surface area contributed by atoms with Crippen LogP contribution in [0.1, 0.15) is 19.4 Å². The summed E-state index contributed by atoms with van der Waals surface area (Å²) in [4.78, 5) is 15.1. The quantitative estimate of drug-likeness (QED) is 0.585. The number of nitrogens with one attached hydrogen (secondary N) is 2. The average molecular weight is 365 g/mol. The summed E-state index contributed by atoms with van der Waals surface area (Å²) in [5.74, 6) is 0.324. The molecule has 134 valence electrons. The normalized spacial score (nSPS) is 12.0. The maximum Gasteiger partial charge on any atom is 0.240 e. The van der Waals surface area contributed by atoms with E-state index in [-0.39, 0.29) is 16.7 Å². The first kappa shape index (κ1) is 18.6. The van der Waals surface area contributed by atoms with Crippen LogP contribution < -0.4 is 10.0 Å². The summed E-state index contributed by atoms with van der Waals surface area (Å²) in [7, 11) is -2.24. The Morgan fingerprint density at radius 3 is 2.80 bits per heavy atom. The Hall–Kier alpha value is -2.72. The molecule has 0 aliphatic carbocycles. The number of ether oxygens (including phenoxy) is 1. The predicted octanol–water partition coefficient (Wildman–Crippen LogP) is 0.996. The first-order valence-electron chi connectivity index (χ1n) is 7.43. The fourth-order valence-corrected chi connectivity index (χ4v) is 2.71. The first-order valence-corrected chi connectivity index (χ1v) is 8.91. The third kappa shape index (κ3) is 4.88. The summed E-state index contributed by atoms with van der Waals surface area (Å²) in [5.41, 5.74) is 0.493. The molecule has 2 aromatic rings. The van der Waals surface area contributed by atoms with Gasteiger partial charge in [0.25, 0.3) is 0 Å². The Morgan fingerprint density at radius 1 is 1.40 bits per heavy atom. The van der Waals surface area contributed by atoms with Crippen molar-refractivity contribution in [1.29, 1.82) is 0 Å². The lowest BCUT2D eigenvalue weighted by molar-refractivity contribution is -0.114. The fourth-order valence-electron chi connectivity index (χ4n) is 1.94. The molecule has 0 saturated carbocycles. The number of carbonyl (C=O) groups excluding carboxylic acids is 1. The molecule has 0 fully saturated rings. The number of sulfonamides is 1. The number of carbonyl (C=O) groups is 1. The topological polar surface area (TPSA) is 115 Å². The van der Waals surface area contributed by atoms with Crippen LogP contribution in [0.25, 0.3) is 0 Å². The number of amides is 1. The molecule has 2 rings (SSSR count). The van der Waals surface area contributed by atoms with E-state index in [1.54, 1.807) is 19.1 Å². The molecule has 0 aliphatic heterocycles.